The van der Waals surface area contributed by atoms with Gasteiger partial charge in [0, 0.05) is 24.8 Å². The molecule has 1 aromatic rings. The molecule has 2 aliphatic carbocycles. The van der Waals surface area contributed by atoms with Gasteiger partial charge >= 0.3 is 5.69 Å². The molecule has 1 aromatic heterocycles. The van der Waals surface area contributed by atoms with Crippen molar-refractivity contribution < 1.29 is 5.11 Å². The first-order valence-corrected chi connectivity index (χ1v) is 10.6. The predicted octanol–water partition coefficient (Wildman–Crippen LogP) is 3.80. The number of rotatable bonds is 5. The summed E-state index contributed by atoms with van der Waals surface area (Å²) in [4.78, 5) is 30.7. The monoisotopic (exact) mass is 375 g/mol. The molecule has 2 fully saturated rings. The molecular formula is C21H33N3O3. The van der Waals surface area contributed by atoms with Gasteiger partial charge in [-0.25, -0.2) is 4.79 Å². The summed E-state index contributed by atoms with van der Waals surface area (Å²) in [6, 6.07) is -0.0922. The Morgan fingerprint density at radius 3 is 2.00 bits per heavy atom. The van der Waals surface area contributed by atoms with Crippen molar-refractivity contribution >= 4 is 6.21 Å². The Kier molecular flexibility index (Phi) is 6.55. The third kappa shape index (κ3) is 4.36. The van der Waals surface area contributed by atoms with Crippen LogP contribution in [0.15, 0.2) is 14.6 Å². The second-order valence-electron chi connectivity index (χ2n) is 8.54. The zero-order valence-electron chi connectivity index (χ0n) is 16.7. The molecule has 1 heterocycles. The summed E-state index contributed by atoms with van der Waals surface area (Å²) in [6.45, 7) is 4.70. The number of aromatic hydroxyl groups is 1. The standard InChI is InChI=1S/C21H33N3O3/c1-15(2)13-22-14-18-19(25)23(16-9-5-3-6-10-16)21(27)24(20(18)26)17-11-7-4-8-12-17/h14-17,25H,3-13H2,1-2H3. The smallest absolute Gasteiger partial charge is 0.334 e. The maximum atomic E-state index is 13.3. The zero-order chi connectivity index (χ0) is 19.4. The quantitative estimate of drug-likeness (QED) is 0.795. The van der Waals surface area contributed by atoms with E-state index in [0.717, 1.165) is 64.2 Å². The summed E-state index contributed by atoms with van der Waals surface area (Å²) in [5, 5.41) is 10.8. The Hall–Kier alpha value is -1.85. The Balaban J connectivity index is 2.12. The molecule has 0 aromatic carbocycles. The van der Waals surface area contributed by atoms with Crippen LogP contribution in [0.5, 0.6) is 5.88 Å². The molecule has 0 spiro atoms. The summed E-state index contributed by atoms with van der Waals surface area (Å²) in [5.74, 6) is 0.171. The summed E-state index contributed by atoms with van der Waals surface area (Å²) >= 11 is 0. The molecule has 0 aliphatic heterocycles. The van der Waals surface area contributed by atoms with Gasteiger partial charge < -0.3 is 5.11 Å². The van der Waals surface area contributed by atoms with Crippen LogP contribution in [-0.4, -0.2) is 27.0 Å². The lowest BCUT2D eigenvalue weighted by Crippen LogP contribution is -2.45. The van der Waals surface area contributed by atoms with Gasteiger partial charge in [-0.05, 0) is 31.6 Å². The third-order valence-electron chi connectivity index (χ3n) is 5.90. The number of hydrogen-bond donors (Lipinski definition) is 1. The highest BCUT2D eigenvalue weighted by Gasteiger charge is 2.28. The molecule has 0 atom stereocenters. The average molecular weight is 376 g/mol. The van der Waals surface area contributed by atoms with E-state index in [9.17, 15) is 14.7 Å². The van der Waals surface area contributed by atoms with Crippen molar-refractivity contribution in [1.82, 2.24) is 9.13 Å². The van der Waals surface area contributed by atoms with Crippen LogP contribution in [0.25, 0.3) is 0 Å². The largest absolute Gasteiger partial charge is 0.494 e. The van der Waals surface area contributed by atoms with E-state index in [4.69, 9.17) is 0 Å². The highest BCUT2D eigenvalue weighted by Crippen LogP contribution is 2.31. The second-order valence-corrected chi connectivity index (χ2v) is 8.54. The Bertz CT molecular complexity index is 779. The van der Waals surface area contributed by atoms with Crippen molar-refractivity contribution in [2.45, 2.75) is 90.1 Å². The van der Waals surface area contributed by atoms with Crippen LogP contribution < -0.4 is 11.2 Å². The van der Waals surface area contributed by atoms with Gasteiger partial charge in [0.05, 0.1) is 0 Å². The minimum Gasteiger partial charge on any atom is -0.494 e. The van der Waals surface area contributed by atoms with E-state index in [1.165, 1.54) is 15.3 Å². The van der Waals surface area contributed by atoms with Crippen LogP contribution in [0, 0.1) is 5.92 Å². The van der Waals surface area contributed by atoms with E-state index in [2.05, 4.69) is 18.8 Å². The normalized spacial score (nSPS) is 20.0. The molecule has 1 N–H and O–H groups in total. The Labute approximate surface area is 160 Å². The summed E-state index contributed by atoms with van der Waals surface area (Å²) in [5.41, 5.74) is -0.548. The second kappa shape index (κ2) is 8.89. The molecule has 6 nitrogen and oxygen atoms in total. The molecule has 0 radical (unpaired) electrons. The van der Waals surface area contributed by atoms with E-state index in [1.54, 1.807) is 0 Å². The fourth-order valence-electron chi connectivity index (χ4n) is 4.45. The first kappa shape index (κ1) is 19.9. The van der Waals surface area contributed by atoms with Gasteiger partial charge in [-0.2, -0.15) is 0 Å². The molecular weight excluding hydrogens is 342 g/mol. The van der Waals surface area contributed by atoms with Crippen LogP contribution in [0.1, 0.15) is 95.7 Å². The van der Waals surface area contributed by atoms with Crippen LogP contribution >= 0.6 is 0 Å². The molecule has 2 saturated carbocycles. The lowest BCUT2D eigenvalue weighted by atomic mass is 9.94. The number of hydrogen-bond acceptors (Lipinski definition) is 4. The van der Waals surface area contributed by atoms with Crippen molar-refractivity contribution in [3.63, 3.8) is 0 Å². The predicted molar refractivity (Wildman–Crippen MR) is 108 cm³/mol. The van der Waals surface area contributed by atoms with E-state index < -0.39 is 0 Å². The third-order valence-corrected chi connectivity index (χ3v) is 5.90. The molecule has 2 aliphatic rings. The fourth-order valence-corrected chi connectivity index (χ4v) is 4.45. The Morgan fingerprint density at radius 1 is 0.963 bits per heavy atom. The minimum absolute atomic E-state index is 0.0288. The lowest BCUT2D eigenvalue weighted by Gasteiger charge is -2.29. The Morgan fingerprint density at radius 2 is 1.48 bits per heavy atom. The highest BCUT2D eigenvalue weighted by atomic mass is 16.3. The highest BCUT2D eigenvalue weighted by molar-refractivity contribution is 5.82. The van der Waals surface area contributed by atoms with E-state index in [1.807, 2.05) is 0 Å². The van der Waals surface area contributed by atoms with Gasteiger partial charge in [0.15, 0.2) is 0 Å². The van der Waals surface area contributed by atoms with E-state index in [0.29, 0.717) is 12.5 Å². The molecule has 0 bridgehead atoms. The van der Waals surface area contributed by atoms with E-state index in [-0.39, 0.29) is 34.8 Å². The number of aromatic nitrogens is 2. The fraction of sp³-hybridized carbons (Fsp3) is 0.762. The molecule has 0 amide bonds. The van der Waals surface area contributed by atoms with Crippen LogP contribution in [-0.2, 0) is 0 Å². The topological polar surface area (TPSA) is 76.6 Å². The van der Waals surface area contributed by atoms with Gasteiger partial charge in [0.1, 0.15) is 5.56 Å². The molecule has 0 unspecified atom stereocenters. The molecule has 3 rings (SSSR count). The molecule has 150 valence electrons. The van der Waals surface area contributed by atoms with Gasteiger partial charge in [0.2, 0.25) is 5.88 Å². The van der Waals surface area contributed by atoms with E-state index >= 15 is 0 Å². The summed E-state index contributed by atoms with van der Waals surface area (Å²) < 4.78 is 2.91. The maximum absolute atomic E-state index is 13.3. The number of nitrogens with zero attached hydrogens (tertiary/aromatic N) is 3. The molecule has 0 saturated heterocycles. The van der Waals surface area contributed by atoms with Crippen molar-refractivity contribution in [2.24, 2.45) is 10.9 Å². The van der Waals surface area contributed by atoms with Crippen LogP contribution in [0.2, 0.25) is 0 Å². The SMILES string of the molecule is CC(C)CN=Cc1c(O)n(C2CCCCC2)c(=O)n(C2CCCCC2)c1=O. The van der Waals surface area contributed by atoms with Crippen LogP contribution in [0.4, 0.5) is 0 Å². The van der Waals surface area contributed by atoms with Gasteiger partial charge in [-0.15, -0.1) is 0 Å². The number of aliphatic imine (C=N–C) groups is 1. The van der Waals surface area contributed by atoms with Crippen molar-refractivity contribution in [2.75, 3.05) is 6.54 Å². The van der Waals surface area contributed by atoms with Crippen LogP contribution in [0.3, 0.4) is 0 Å². The minimum atomic E-state index is -0.385. The first-order valence-electron chi connectivity index (χ1n) is 10.6. The van der Waals surface area contributed by atoms with Crippen molar-refractivity contribution in [3.8, 4) is 5.88 Å². The summed E-state index contributed by atoms with van der Waals surface area (Å²) in [6.07, 6.45) is 11.4. The van der Waals surface area contributed by atoms with Gasteiger partial charge in [0.25, 0.3) is 5.56 Å². The lowest BCUT2D eigenvalue weighted by molar-refractivity contribution is 0.271. The average Bonchev–Trinajstić information content (AvgIpc) is 2.66. The zero-order valence-corrected chi connectivity index (χ0v) is 16.7. The van der Waals surface area contributed by atoms with Gasteiger partial charge in [-0.1, -0.05) is 52.4 Å². The molecule has 6 heteroatoms. The first-order chi connectivity index (χ1) is 13.0. The summed E-state index contributed by atoms with van der Waals surface area (Å²) in [7, 11) is 0. The van der Waals surface area contributed by atoms with Gasteiger partial charge in [-0.3, -0.25) is 18.9 Å². The molecule has 27 heavy (non-hydrogen) atoms. The van der Waals surface area contributed by atoms with Crippen molar-refractivity contribution in [3.05, 3.63) is 26.4 Å². The van der Waals surface area contributed by atoms with Crippen molar-refractivity contribution in [1.29, 1.82) is 0 Å². The maximum Gasteiger partial charge on any atom is 0.334 e.